The predicted octanol–water partition coefficient (Wildman–Crippen LogP) is 1.52. The molecule has 0 radical (unpaired) electrons. The molecule has 6 nitrogen and oxygen atoms in total. The molecule has 6 heteroatoms. The molecule has 0 saturated carbocycles. The summed E-state index contributed by atoms with van der Waals surface area (Å²) in [7, 11) is 0. The summed E-state index contributed by atoms with van der Waals surface area (Å²) < 4.78 is 5.48. The average molecular weight is 292 g/mol. The fraction of sp³-hybridized carbons (Fsp3) is 0.467. The summed E-state index contributed by atoms with van der Waals surface area (Å²) in [5.41, 5.74) is 1.45. The third-order valence-corrected chi connectivity index (χ3v) is 3.35. The topological polar surface area (TPSA) is 87.7 Å². The van der Waals surface area contributed by atoms with E-state index in [0.717, 1.165) is 18.0 Å². The smallest absolute Gasteiger partial charge is 0.303 e. The van der Waals surface area contributed by atoms with Crippen molar-refractivity contribution in [3.05, 3.63) is 23.8 Å². The van der Waals surface area contributed by atoms with Gasteiger partial charge in [-0.2, -0.15) is 0 Å². The van der Waals surface area contributed by atoms with Crippen LogP contribution in [0.4, 0.5) is 5.69 Å². The molecule has 0 amide bonds. The first kappa shape index (κ1) is 15.3. The van der Waals surface area contributed by atoms with E-state index in [9.17, 15) is 9.59 Å². The number of carboxylic acids is 1. The Labute approximate surface area is 123 Å². The lowest BCUT2D eigenvalue weighted by Crippen LogP contribution is -2.35. The summed E-state index contributed by atoms with van der Waals surface area (Å²) in [6.45, 7) is 3.65. The van der Waals surface area contributed by atoms with Crippen molar-refractivity contribution in [1.29, 1.82) is 0 Å². The lowest BCUT2D eigenvalue weighted by atomic mass is 10.0. The highest BCUT2D eigenvalue weighted by molar-refractivity contribution is 6.01. The molecule has 1 unspecified atom stereocenters. The van der Waals surface area contributed by atoms with Gasteiger partial charge in [0.1, 0.15) is 12.4 Å². The van der Waals surface area contributed by atoms with E-state index in [1.165, 1.54) is 0 Å². The summed E-state index contributed by atoms with van der Waals surface area (Å²) in [6.07, 6.45) is 0.612. The Hall–Kier alpha value is -2.08. The van der Waals surface area contributed by atoms with E-state index in [0.29, 0.717) is 25.1 Å². The van der Waals surface area contributed by atoms with Crippen molar-refractivity contribution in [2.75, 3.05) is 25.0 Å². The van der Waals surface area contributed by atoms with Gasteiger partial charge < -0.3 is 20.5 Å². The van der Waals surface area contributed by atoms with Gasteiger partial charge in [0.25, 0.3) is 0 Å². The van der Waals surface area contributed by atoms with Crippen LogP contribution in [-0.4, -0.2) is 42.6 Å². The zero-order chi connectivity index (χ0) is 15.2. The van der Waals surface area contributed by atoms with Gasteiger partial charge in [0.2, 0.25) is 0 Å². The maximum atomic E-state index is 12.3. The summed E-state index contributed by atoms with van der Waals surface area (Å²) in [5.74, 6) is -0.0723. The molecule has 1 heterocycles. The molecule has 0 aromatic heterocycles. The Kier molecular flexibility index (Phi) is 5.16. The lowest BCUT2D eigenvalue weighted by molar-refractivity contribution is -0.137. The zero-order valence-corrected chi connectivity index (χ0v) is 12.0. The minimum Gasteiger partial charge on any atom is -0.490 e. The Bertz CT molecular complexity index is 530. The standard InChI is InChI=1S/C15H20N2O4/c1-10(16-6-2-3-14(18)19)15(20)11-4-5-13-12(9-11)17-7-8-21-13/h4-5,9-10,16-17H,2-3,6-8H2,1H3,(H,18,19). The molecule has 1 aromatic carbocycles. The number of carbonyl (C=O) groups is 2. The van der Waals surface area contributed by atoms with Crippen molar-refractivity contribution in [1.82, 2.24) is 5.32 Å². The molecule has 0 bridgehead atoms. The number of Topliss-reactive ketones (excluding diaryl/α,β-unsaturated/α-hetero) is 1. The Morgan fingerprint density at radius 2 is 2.29 bits per heavy atom. The van der Waals surface area contributed by atoms with E-state index in [4.69, 9.17) is 9.84 Å². The second-order valence-electron chi connectivity index (χ2n) is 5.02. The van der Waals surface area contributed by atoms with Crippen LogP contribution in [0.15, 0.2) is 18.2 Å². The highest BCUT2D eigenvalue weighted by Crippen LogP contribution is 2.28. The molecule has 2 rings (SSSR count). The molecule has 1 aliphatic rings. The molecule has 0 aliphatic carbocycles. The van der Waals surface area contributed by atoms with E-state index < -0.39 is 5.97 Å². The predicted molar refractivity (Wildman–Crippen MR) is 79.1 cm³/mol. The Balaban J connectivity index is 1.91. The van der Waals surface area contributed by atoms with Gasteiger partial charge in [0.15, 0.2) is 5.78 Å². The number of ketones is 1. The van der Waals surface area contributed by atoms with Crippen molar-refractivity contribution in [3.8, 4) is 5.75 Å². The molecular weight excluding hydrogens is 272 g/mol. The van der Waals surface area contributed by atoms with Crippen LogP contribution in [-0.2, 0) is 4.79 Å². The molecule has 0 saturated heterocycles. The number of anilines is 1. The maximum absolute atomic E-state index is 12.3. The van der Waals surface area contributed by atoms with Crippen LogP contribution in [0.5, 0.6) is 5.75 Å². The Morgan fingerprint density at radius 3 is 3.05 bits per heavy atom. The van der Waals surface area contributed by atoms with Gasteiger partial charge in [-0.1, -0.05) is 0 Å². The third kappa shape index (κ3) is 4.19. The molecular formula is C15H20N2O4. The molecule has 21 heavy (non-hydrogen) atoms. The summed E-state index contributed by atoms with van der Waals surface area (Å²) in [5, 5.41) is 14.8. The number of aliphatic carboxylic acids is 1. The van der Waals surface area contributed by atoms with E-state index in [1.807, 2.05) is 0 Å². The van der Waals surface area contributed by atoms with Crippen LogP contribution < -0.4 is 15.4 Å². The summed E-state index contributed by atoms with van der Waals surface area (Å²) in [4.78, 5) is 22.7. The maximum Gasteiger partial charge on any atom is 0.303 e. The molecule has 1 aliphatic heterocycles. The van der Waals surface area contributed by atoms with Crippen molar-refractivity contribution < 1.29 is 19.4 Å². The fourth-order valence-corrected chi connectivity index (χ4v) is 2.19. The quantitative estimate of drug-likeness (QED) is 0.521. The SMILES string of the molecule is CC(NCCCC(=O)O)C(=O)c1ccc2c(c1)NCCO2. The van der Waals surface area contributed by atoms with Crippen LogP contribution in [0.25, 0.3) is 0 Å². The van der Waals surface area contributed by atoms with Crippen LogP contribution in [0.3, 0.4) is 0 Å². The number of hydrogen-bond acceptors (Lipinski definition) is 5. The average Bonchev–Trinajstić information content (AvgIpc) is 2.50. The number of carboxylic acid groups (broad SMARTS) is 1. The number of rotatable bonds is 7. The van der Waals surface area contributed by atoms with Crippen molar-refractivity contribution in [2.45, 2.75) is 25.8 Å². The minimum atomic E-state index is -0.823. The van der Waals surface area contributed by atoms with Crippen molar-refractivity contribution in [3.63, 3.8) is 0 Å². The number of hydrogen-bond donors (Lipinski definition) is 3. The summed E-state index contributed by atoms with van der Waals surface area (Å²) in [6, 6.07) is 5.00. The second kappa shape index (κ2) is 7.08. The first-order valence-electron chi connectivity index (χ1n) is 7.08. The molecule has 0 fully saturated rings. The number of benzene rings is 1. The van der Waals surface area contributed by atoms with Gasteiger partial charge in [0, 0.05) is 18.5 Å². The number of carbonyl (C=O) groups excluding carboxylic acids is 1. The largest absolute Gasteiger partial charge is 0.490 e. The van der Waals surface area contributed by atoms with Gasteiger partial charge in [0.05, 0.1) is 11.7 Å². The van der Waals surface area contributed by atoms with Crippen LogP contribution in [0.2, 0.25) is 0 Å². The molecule has 1 aromatic rings. The van der Waals surface area contributed by atoms with Gasteiger partial charge >= 0.3 is 5.97 Å². The van der Waals surface area contributed by atoms with E-state index >= 15 is 0 Å². The highest BCUT2D eigenvalue weighted by Gasteiger charge is 2.17. The van der Waals surface area contributed by atoms with E-state index in [-0.39, 0.29) is 18.2 Å². The lowest BCUT2D eigenvalue weighted by Gasteiger charge is -2.20. The van der Waals surface area contributed by atoms with Gasteiger partial charge in [-0.15, -0.1) is 0 Å². The zero-order valence-electron chi connectivity index (χ0n) is 12.0. The number of fused-ring (bicyclic) bond motifs is 1. The van der Waals surface area contributed by atoms with E-state index in [2.05, 4.69) is 10.6 Å². The number of nitrogens with one attached hydrogen (secondary N) is 2. The van der Waals surface area contributed by atoms with E-state index in [1.54, 1.807) is 25.1 Å². The first-order chi connectivity index (χ1) is 10.1. The van der Waals surface area contributed by atoms with Crippen molar-refractivity contribution >= 4 is 17.4 Å². The molecule has 1 atom stereocenters. The van der Waals surface area contributed by atoms with Crippen LogP contribution in [0.1, 0.15) is 30.1 Å². The van der Waals surface area contributed by atoms with Gasteiger partial charge in [-0.25, -0.2) is 0 Å². The first-order valence-corrected chi connectivity index (χ1v) is 7.08. The van der Waals surface area contributed by atoms with Crippen LogP contribution >= 0.6 is 0 Å². The van der Waals surface area contributed by atoms with Crippen LogP contribution in [0, 0.1) is 0 Å². The van der Waals surface area contributed by atoms with Gasteiger partial charge in [-0.3, -0.25) is 9.59 Å². The summed E-state index contributed by atoms with van der Waals surface area (Å²) >= 11 is 0. The second-order valence-corrected chi connectivity index (χ2v) is 5.02. The molecule has 114 valence electrons. The number of ether oxygens (including phenoxy) is 1. The fourth-order valence-electron chi connectivity index (χ4n) is 2.19. The minimum absolute atomic E-state index is 0.0134. The molecule has 3 N–H and O–H groups in total. The van der Waals surface area contributed by atoms with Gasteiger partial charge in [-0.05, 0) is 38.1 Å². The Morgan fingerprint density at radius 1 is 1.48 bits per heavy atom. The highest BCUT2D eigenvalue weighted by atomic mass is 16.5. The van der Waals surface area contributed by atoms with Crippen molar-refractivity contribution in [2.24, 2.45) is 0 Å². The monoisotopic (exact) mass is 292 g/mol. The third-order valence-electron chi connectivity index (χ3n) is 3.35. The normalized spacial score (nSPS) is 14.5. The molecule has 0 spiro atoms.